The summed E-state index contributed by atoms with van der Waals surface area (Å²) in [7, 11) is 0. The van der Waals surface area contributed by atoms with Crippen LogP contribution >= 0.6 is 0 Å². The molecule has 0 saturated heterocycles. The zero-order valence-electron chi connectivity index (χ0n) is 8.96. The van der Waals surface area contributed by atoms with Gasteiger partial charge in [-0.05, 0) is 18.6 Å². The molecular weight excluding hydrogens is 202 g/mol. The lowest BCUT2D eigenvalue weighted by Crippen LogP contribution is -2.12. The van der Waals surface area contributed by atoms with Crippen LogP contribution in [0.25, 0.3) is 11.5 Å². The van der Waals surface area contributed by atoms with Crippen LogP contribution in [0.1, 0.15) is 11.4 Å². The zero-order valence-corrected chi connectivity index (χ0v) is 8.96. The molecule has 0 atom stereocenters. The van der Waals surface area contributed by atoms with Crippen molar-refractivity contribution in [3.05, 3.63) is 29.7 Å². The summed E-state index contributed by atoms with van der Waals surface area (Å²) in [5.74, 6) is 1.63. The van der Waals surface area contributed by atoms with Crippen LogP contribution in [0, 0.1) is 6.92 Å². The van der Waals surface area contributed by atoms with Crippen molar-refractivity contribution < 1.29 is 0 Å². The van der Waals surface area contributed by atoms with Crippen LogP contribution in [-0.4, -0.2) is 32.5 Å². The third-order valence-corrected chi connectivity index (χ3v) is 2.58. The van der Waals surface area contributed by atoms with Gasteiger partial charge < -0.3 is 4.57 Å². The molecule has 0 radical (unpaired) electrons. The molecule has 3 rings (SSSR count). The number of nitrogens with zero attached hydrogens (tertiary/aromatic N) is 5. The first-order valence-corrected chi connectivity index (χ1v) is 5.20. The number of hydrogen-bond donors (Lipinski definition) is 0. The van der Waals surface area contributed by atoms with Gasteiger partial charge in [0.05, 0.1) is 12.8 Å². The molecule has 0 N–H and O–H groups in total. The van der Waals surface area contributed by atoms with Gasteiger partial charge in [-0.2, -0.15) is 0 Å². The van der Waals surface area contributed by atoms with Crippen LogP contribution in [0.3, 0.4) is 0 Å². The molecule has 16 heavy (non-hydrogen) atoms. The Morgan fingerprint density at radius 1 is 1.25 bits per heavy atom. The van der Waals surface area contributed by atoms with Crippen molar-refractivity contribution >= 4 is 6.21 Å². The fraction of sp³-hybridized carbons (Fsp3) is 0.273. The summed E-state index contributed by atoms with van der Waals surface area (Å²) in [5.41, 5.74) is 2.00. The van der Waals surface area contributed by atoms with Gasteiger partial charge in [-0.25, -0.2) is 0 Å². The van der Waals surface area contributed by atoms with Gasteiger partial charge in [0.1, 0.15) is 5.69 Å². The van der Waals surface area contributed by atoms with E-state index in [0.717, 1.165) is 36.0 Å². The molecule has 0 saturated carbocycles. The second-order valence-corrected chi connectivity index (χ2v) is 3.79. The Bertz CT molecular complexity index is 538. The van der Waals surface area contributed by atoms with Crippen LogP contribution in [-0.2, 0) is 6.54 Å². The molecule has 1 aliphatic rings. The summed E-state index contributed by atoms with van der Waals surface area (Å²) in [6.07, 6.45) is 3.60. The molecule has 0 amide bonds. The second-order valence-electron chi connectivity index (χ2n) is 3.79. The minimum Gasteiger partial charge on any atom is -0.303 e. The fourth-order valence-electron chi connectivity index (χ4n) is 1.72. The molecular formula is C11H11N5. The highest BCUT2D eigenvalue weighted by molar-refractivity contribution is 5.76. The van der Waals surface area contributed by atoms with Gasteiger partial charge in [0.25, 0.3) is 0 Å². The normalized spacial score (nSPS) is 13.8. The number of pyridine rings is 1. The van der Waals surface area contributed by atoms with Gasteiger partial charge in [0.15, 0.2) is 11.6 Å². The summed E-state index contributed by atoms with van der Waals surface area (Å²) in [5, 5.41) is 8.24. The van der Waals surface area contributed by atoms with E-state index in [0.29, 0.717) is 0 Å². The molecule has 0 aromatic carbocycles. The Kier molecular flexibility index (Phi) is 2.02. The van der Waals surface area contributed by atoms with Crippen molar-refractivity contribution in [1.29, 1.82) is 0 Å². The van der Waals surface area contributed by atoms with E-state index in [1.165, 1.54) is 0 Å². The number of aromatic nitrogens is 4. The minimum absolute atomic E-state index is 0.782. The van der Waals surface area contributed by atoms with E-state index >= 15 is 0 Å². The molecule has 2 aromatic heterocycles. The minimum atomic E-state index is 0.782. The van der Waals surface area contributed by atoms with Crippen molar-refractivity contribution in [1.82, 2.24) is 19.7 Å². The van der Waals surface area contributed by atoms with Crippen molar-refractivity contribution in [3.8, 4) is 11.5 Å². The van der Waals surface area contributed by atoms with Crippen molar-refractivity contribution in [2.75, 3.05) is 6.54 Å². The van der Waals surface area contributed by atoms with Gasteiger partial charge in [-0.3, -0.25) is 9.98 Å². The fourth-order valence-corrected chi connectivity index (χ4v) is 1.72. The Labute approximate surface area is 92.9 Å². The lowest BCUT2D eigenvalue weighted by atomic mass is 10.2. The van der Waals surface area contributed by atoms with Gasteiger partial charge in [0, 0.05) is 12.7 Å². The molecule has 0 bridgehead atoms. The van der Waals surface area contributed by atoms with Crippen LogP contribution < -0.4 is 0 Å². The smallest absolute Gasteiger partial charge is 0.182 e. The van der Waals surface area contributed by atoms with Crippen molar-refractivity contribution in [2.24, 2.45) is 4.99 Å². The largest absolute Gasteiger partial charge is 0.303 e. The summed E-state index contributed by atoms with van der Waals surface area (Å²) in [6.45, 7) is 3.62. The number of fused-ring (bicyclic) bond motifs is 1. The molecule has 0 aliphatic carbocycles. The highest BCUT2D eigenvalue weighted by Crippen LogP contribution is 2.16. The van der Waals surface area contributed by atoms with Crippen molar-refractivity contribution in [3.63, 3.8) is 0 Å². The molecule has 5 nitrogen and oxygen atoms in total. The number of hydrogen-bond acceptors (Lipinski definition) is 4. The van der Waals surface area contributed by atoms with Crippen LogP contribution in [0.5, 0.6) is 0 Å². The molecule has 80 valence electrons. The van der Waals surface area contributed by atoms with Gasteiger partial charge >= 0.3 is 0 Å². The third-order valence-electron chi connectivity index (χ3n) is 2.58. The zero-order chi connectivity index (χ0) is 11.0. The van der Waals surface area contributed by atoms with Crippen LogP contribution in [0.4, 0.5) is 0 Å². The lowest BCUT2D eigenvalue weighted by Gasteiger charge is -2.09. The summed E-state index contributed by atoms with van der Waals surface area (Å²) in [6, 6.07) is 4.00. The lowest BCUT2D eigenvalue weighted by molar-refractivity contribution is 0.691. The van der Waals surface area contributed by atoms with E-state index in [2.05, 4.69) is 20.2 Å². The van der Waals surface area contributed by atoms with E-state index < -0.39 is 0 Å². The first kappa shape index (κ1) is 9.21. The quantitative estimate of drug-likeness (QED) is 0.712. The average molecular weight is 213 g/mol. The highest BCUT2D eigenvalue weighted by Gasteiger charge is 2.14. The molecule has 0 fully saturated rings. The van der Waals surface area contributed by atoms with E-state index in [-0.39, 0.29) is 0 Å². The predicted molar refractivity (Wildman–Crippen MR) is 60.5 cm³/mol. The molecule has 3 heterocycles. The van der Waals surface area contributed by atoms with Gasteiger partial charge in [-0.15, -0.1) is 10.2 Å². The summed E-state index contributed by atoms with van der Waals surface area (Å²) >= 11 is 0. The topological polar surface area (TPSA) is 56.0 Å². The van der Waals surface area contributed by atoms with E-state index in [4.69, 9.17) is 0 Å². The van der Waals surface area contributed by atoms with E-state index in [1.807, 2.05) is 29.8 Å². The van der Waals surface area contributed by atoms with Crippen LogP contribution in [0.15, 0.2) is 23.3 Å². The van der Waals surface area contributed by atoms with Gasteiger partial charge in [-0.1, -0.05) is 6.07 Å². The third kappa shape index (κ3) is 1.41. The maximum Gasteiger partial charge on any atom is 0.182 e. The number of aliphatic imine (C=N–C) groups is 1. The highest BCUT2D eigenvalue weighted by atomic mass is 15.3. The first-order valence-electron chi connectivity index (χ1n) is 5.20. The van der Waals surface area contributed by atoms with E-state index in [9.17, 15) is 0 Å². The maximum absolute atomic E-state index is 4.36. The van der Waals surface area contributed by atoms with Crippen LogP contribution in [0.2, 0.25) is 0 Å². The van der Waals surface area contributed by atoms with Crippen molar-refractivity contribution in [2.45, 2.75) is 13.5 Å². The number of aryl methyl sites for hydroxylation is 1. The average Bonchev–Trinajstić information content (AvgIpc) is 2.74. The second kappa shape index (κ2) is 3.52. The first-order chi connectivity index (χ1) is 7.84. The molecule has 0 unspecified atom stereocenters. The van der Waals surface area contributed by atoms with Gasteiger partial charge in [0.2, 0.25) is 0 Å². The standard InChI is InChI=1S/C11H11N5/c1-8-2-3-9(13-6-8)11-15-14-10-7-12-4-5-16(10)11/h2-3,6-7H,4-5H2,1H3. The Balaban J connectivity index is 2.10. The SMILES string of the molecule is Cc1ccc(-c2nnc3n2CCN=C3)nc1. The molecule has 5 heteroatoms. The maximum atomic E-state index is 4.36. The molecule has 2 aromatic rings. The Hall–Kier alpha value is -2.04. The summed E-state index contributed by atoms with van der Waals surface area (Å²) < 4.78 is 2.05. The molecule has 1 aliphatic heterocycles. The predicted octanol–water partition coefficient (Wildman–Crippen LogP) is 1.08. The summed E-state index contributed by atoms with van der Waals surface area (Å²) in [4.78, 5) is 8.53. The monoisotopic (exact) mass is 213 g/mol. The van der Waals surface area contributed by atoms with E-state index in [1.54, 1.807) is 6.21 Å². The number of rotatable bonds is 1. The Morgan fingerprint density at radius 3 is 3.00 bits per heavy atom. The molecule has 0 spiro atoms. The Morgan fingerprint density at radius 2 is 2.19 bits per heavy atom.